The van der Waals surface area contributed by atoms with Gasteiger partial charge in [0.2, 0.25) is 5.96 Å². The van der Waals surface area contributed by atoms with Crippen molar-refractivity contribution in [3.05, 3.63) is 65.7 Å². The second-order valence-corrected chi connectivity index (χ2v) is 6.28. The fourth-order valence-electron chi connectivity index (χ4n) is 2.94. The summed E-state index contributed by atoms with van der Waals surface area (Å²) in [4.78, 5) is 17.1. The third-order valence-corrected chi connectivity index (χ3v) is 4.40. The molecule has 1 aliphatic rings. The standard InChI is InChI=1S/C21H25N3O2/c1-2-16-9-6-7-13-19(16)23-21(22-15-18-12-8-14-26-18)24-20(25)17-10-4-3-5-11-17/h3-7,9-11,13,18H,2,8,12,14-15H2,1H3,(H2,22,23,24,25)/t18-/m0/s1. The summed E-state index contributed by atoms with van der Waals surface area (Å²) in [5.41, 5.74) is 2.73. The lowest BCUT2D eigenvalue weighted by molar-refractivity contribution is 0.0975. The predicted octanol–water partition coefficient (Wildman–Crippen LogP) is 3.63. The average Bonchev–Trinajstić information content (AvgIpc) is 3.21. The van der Waals surface area contributed by atoms with E-state index in [1.807, 2.05) is 36.4 Å². The lowest BCUT2D eigenvalue weighted by Gasteiger charge is -2.15. The van der Waals surface area contributed by atoms with E-state index in [9.17, 15) is 4.79 Å². The zero-order valence-electron chi connectivity index (χ0n) is 15.1. The summed E-state index contributed by atoms with van der Waals surface area (Å²) >= 11 is 0. The van der Waals surface area contributed by atoms with Crippen LogP contribution >= 0.6 is 0 Å². The zero-order chi connectivity index (χ0) is 18.2. The highest BCUT2D eigenvalue weighted by atomic mass is 16.5. The first-order valence-electron chi connectivity index (χ1n) is 9.13. The highest BCUT2D eigenvalue weighted by Crippen LogP contribution is 2.16. The second kappa shape index (κ2) is 9.15. The van der Waals surface area contributed by atoms with Crippen LogP contribution in [0.25, 0.3) is 0 Å². The number of ether oxygens (including phenoxy) is 1. The van der Waals surface area contributed by atoms with Gasteiger partial charge in [0, 0.05) is 17.9 Å². The molecule has 0 aliphatic carbocycles. The van der Waals surface area contributed by atoms with Gasteiger partial charge in [-0.25, -0.2) is 4.99 Å². The van der Waals surface area contributed by atoms with Gasteiger partial charge in [-0.15, -0.1) is 0 Å². The number of amides is 1. The number of hydrogen-bond donors (Lipinski definition) is 2. The lowest BCUT2D eigenvalue weighted by Crippen LogP contribution is -2.37. The van der Waals surface area contributed by atoms with Crippen molar-refractivity contribution in [2.45, 2.75) is 32.3 Å². The van der Waals surface area contributed by atoms with E-state index in [0.717, 1.165) is 31.6 Å². The molecule has 1 fully saturated rings. The lowest BCUT2D eigenvalue weighted by atomic mass is 10.1. The molecule has 1 atom stereocenters. The van der Waals surface area contributed by atoms with Crippen molar-refractivity contribution in [1.29, 1.82) is 0 Å². The second-order valence-electron chi connectivity index (χ2n) is 6.28. The molecule has 2 aromatic carbocycles. The molecule has 0 bridgehead atoms. The minimum atomic E-state index is -0.182. The summed E-state index contributed by atoms with van der Waals surface area (Å²) in [6.45, 7) is 3.43. The maximum absolute atomic E-state index is 12.5. The number of nitrogens with one attached hydrogen (secondary N) is 2. The van der Waals surface area contributed by atoms with Crippen LogP contribution in [0.4, 0.5) is 5.69 Å². The molecule has 2 N–H and O–H groups in total. The van der Waals surface area contributed by atoms with E-state index in [4.69, 9.17) is 4.74 Å². The first-order chi connectivity index (χ1) is 12.8. The molecule has 0 saturated carbocycles. The van der Waals surface area contributed by atoms with Gasteiger partial charge >= 0.3 is 0 Å². The van der Waals surface area contributed by atoms with Gasteiger partial charge in [-0.3, -0.25) is 10.1 Å². The smallest absolute Gasteiger partial charge is 0.257 e. The van der Waals surface area contributed by atoms with Crippen LogP contribution in [0.2, 0.25) is 0 Å². The highest BCUT2D eigenvalue weighted by Gasteiger charge is 2.16. The van der Waals surface area contributed by atoms with Crippen LogP contribution in [0.1, 0.15) is 35.7 Å². The Balaban J connectivity index is 1.76. The zero-order valence-corrected chi connectivity index (χ0v) is 15.1. The van der Waals surface area contributed by atoms with E-state index in [1.54, 1.807) is 12.1 Å². The van der Waals surface area contributed by atoms with Crippen molar-refractivity contribution >= 4 is 17.6 Å². The van der Waals surface area contributed by atoms with Gasteiger partial charge in [-0.1, -0.05) is 43.3 Å². The molecule has 1 saturated heterocycles. The number of rotatable bonds is 5. The average molecular weight is 351 g/mol. The Bertz CT molecular complexity index is 753. The molecule has 0 aromatic heterocycles. The number of carbonyl (C=O) groups excluding carboxylic acids is 1. The molecule has 136 valence electrons. The number of hydrogen-bond acceptors (Lipinski definition) is 3. The summed E-state index contributed by atoms with van der Waals surface area (Å²) in [5, 5.41) is 6.19. The molecular formula is C21H25N3O2. The Labute approximate surface area is 154 Å². The highest BCUT2D eigenvalue weighted by molar-refractivity contribution is 6.10. The number of carbonyl (C=O) groups is 1. The van der Waals surface area contributed by atoms with Gasteiger partial charge < -0.3 is 10.1 Å². The number of para-hydroxylation sites is 1. The van der Waals surface area contributed by atoms with Crippen molar-refractivity contribution in [3.8, 4) is 0 Å². The molecule has 26 heavy (non-hydrogen) atoms. The monoisotopic (exact) mass is 351 g/mol. The number of benzene rings is 2. The van der Waals surface area contributed by atoms with Crippen LogP contribution in [0.3, 0.4) is 0 Å². The topological polar surface area (TPSA) is 62.7 Å². The van der Waals surface area contributed by atoms with Gasteiger partial charge in [0.05, 0.1) is 12.6 Å². The van der Waals surface area contributed by atoms with Crippen molar-refractivity contribution < 1.29 is 9.53 Å². The van der Waals surface area contributed by atoms with Crippen molar-refractivity contribution in [2.24, 2.45) is 4.99 Å². The van der Waals surface area contributed by atoms with Gasteiger partial charge in [-0.05, 0) is 43.0 Å². The molecule has 0 spiro atoms. The van der Waals surface area contributed by atoms with Crippen LogP contribution in [0.5, 0.6) is 0 Å². The van der Waals surface area contributed by atoms with E-state index >= 15 is 0 Å². The van der Waals surface area contributed by atoms with Crippen LogP contribution in [-0.2, 0) is 11.2 Å². The Morgan fingerprint density at radius 1 is 1.15 bits per heavy atom. The number of aliphatic imine (C=N–C) groups is 1. The van der Waals surface area contributed by atoms with Gasteiger partial charge in [0.25, 0.3) is 5.91 Å². The maximum Gasteiger partial charge on any atom is 0.257 e. The van der Waals surface area contributed by atoms with Crippen molar-refractivity contribution in [3.63, 3.8) is 0 Å². The summed E-state index contributed by atoms with van der Waals surface area (Å²) in [6.07, 6.45) is 3.10. The molecule has 0 radical (unpaired) electrons. The van der Waals surface area contributed by atoms with E-state index in [1.165, 1.54) is 5.56 Å². The van der Waals surface area contributed by atoms with Crippen LogP contribution in [0.15, 0.2) is 59.6 Å². The largest absolute Gasteiger partial charge is 0.376 e. The Hall–Kier alpha value is -2.66. The Kier molecular flexibility index (Phi) is 6.39. The third kappa shape index (κ3) is 4.92. The Morgan fingerprint density at radius 3 is 2.65 bits per heavy atom. The molecule has 2 aromatic rings. The van der Waals surface area contributed by atoms with E-state index in [2.05, 4.69) is 28.6 Å². The number of guanidine groups is 1. The van der Waals surface area contributed by atoms with E-state index in [-0.39, 0.29) is 12.0 Å². The quantitative estimate of drug-likeness (QED) is 0.639. The predicted molar refractivity (Wildman–Crippen MR) is 105 cm³/mol. The van der Waals surface area contributed by atoms with Crippen LogP contribution < -0.4 is 10.6 Å². The van der Waals surface area contributed by atoms with Gasteiger partial charge in [-0.2, -0.15) is 0 Å². The van der Waals surface area contributed by atoms with Gasteiger partial charge in [0.1, 0.15) is 0 Å². The summed E-state index contributed by atoms with van der Waals surface area (Å²) in [7, 11) is 0. The van der Waals surface area contributed by atoms with E-state index in [0.29, 0.717) is 18.1 Å². The third-order valence-electron chi connectivity index (χ3n) is 4.40. The summed E-state index contributed by atoms with van der Waals surface area (Å²) in [5.74, 6) is 0.272. The fraction of sp³-hybridized carbons (Fsp3) is 0.333. The fourth-order valence-corrected chi connectivity index (χ4v) is 2.94. The number of aryl methyl sites for hydroxylation is 1. The number of anilines is 1. The molecule has 1 heterocycles. The van der Waals surface area contributed by atoms with E-state index < -0.39 is 0 Å². The van der Waals surface area contributed by atoms with Gasteiger partial charge in [0.15, 0.2) is 0 Å². The number of nitrogens with zero attached hydrogens (tertiary/aromatic N) is 1. The molecule has 5 heteroatoms. The molecule has 0 unspecified atom stereocenters. The minimum absolute atomic E-state index is 0.127. The molecule has 1 aliphatic heterocycles. The molecular weight excluding hydrogens is 326 g/mol. The first-order valence-corrected chi connectivity index (χ1v) is 9.13. The normalized spacial score (nSPS) is 17.1. The maximum atomic E-state index is 12.5. The van der Waals surface area contributed by atoms with Crippen LogP contribution in [0, 0.1) is 0 Å². The molecule has 5 nitrogen and oxygen atoms in total. The van der Waals surface area contributed by atoms with Crippen LogP contribution in [-0.4, -0.2) is 31.1 Å². The summed E-state index contributed by atoms with van der Waals surface area (Å²) < 4.78 is 5.64. The Morgan fingerprint density at radius 2 is 1.92 bits per heavy atom. The molecule has 1 amide bonds. The minimum Gasteiger partial charge on any atom is -0.376 e. The first kappa shape index (κ1) is 18.1. The van der Waals surface area contributed by atoms with Crippen molar-refractivity contribution in [2.75, 3.05) is 18.5 Å². The summed E-state index contributed by atoms with van der Waals surface area (Å²) in [6, 6.07) is 17.2. The van der Waals surface area contributed by atoms with Crippen molar-refractivity contribution in [1.82, 2.24) is 5.32 Å². The molecule has 3 rings (SSSR count). The SMILES string of the molecule is CCc1ccccc1NC(=NC[C@@H]1CCCO1)NC(=O)c1ccccc1.